The standard InChI is InChI=1S/C12H21ClN2O3/c1-10-11(12(13)15(2)14-10)9-18-6-4-5-17-8-7-16-3/h4-9H2,1-3H3. The van der Waals surface area contributed by atoms with Crippen molar-refractivity contribution in [2.45, 2.75) is 20.0 Å². The van der Waals surface area contributed by atoms with E-state index in [4.69, 9.17) is 25.8 Å². The summed E-state index contributed by atoms with van der Waals surface area (Å²) >= 11 is 6.09. The Kier molecular flexibility index (Phi) is 7.27. The van der Waals surface area contributed by atoms with Crippen LogP contribution >= 0.6 is 11.6 Å². The summed E-state index contributed by atoms with van der Waals surface area (Å²) in [5, 5.41) is 4.87. The molecule has 0 spiro atoms. The van der Waals surface area contributed by atoms with Crippen LogP contribution in [0, 0.1) is 6.92 Å². The zero-order valence-electron chi connectivity index (χ0n) is 11.2. The maximum absolute atomic E-state index is 6.09. The summed E-state index contributed by atoms with van der Waals surface area (Å²) in [5.74, 6) is 0. The number of ether oxygens (including phenoxy) is 3. The molecule has 0 N–H and O–H groups in total. The molecule has 1 aromatic rings. The highest BCUT2D eigenvalue weighted by Crippen LogP contribution is 2.19. The van der Waals surface area contributed by atoms with E-state index in [2.05, 4.69) is 5.10 Å². The van der Waals surface area contributed by atoms with E-state index in [0.29, 0.717) is 38.2 Å². The minimum Gasteiger partial charge on any atom is -0.382 e. The number of hydrogen-bond donors (Lipinski definition) is 0. The lowest BCUT2D eigenvalue weighted by molar-refractivity contribution is 0.0483. The van der Waals surface area contributed by atoms with Crippen molar-refractivity contribution in [1.82, 2.24) is 9.78 Å². The monoisotopic (exact) mass is 276 g/mol. The van der Waals surface area contributed by atoms with Crippen LogP contribution in [0.3, 0.4) is 0 Å². The van der Waals surface area contributed by atoms with Crippen molar-refractivity contribution in [3.8, 4) is 0 Å². The smallest absolute Gasteiger partial charge is 0.132 e. The average Bonchev–Trinajstić information content (AvgIpc) is 2.58. The summed E-state index contributed by atoms with van der Waals surface area (Å²) in [7, 11) is 3.48. The van der Waals surface area contributed by atoms with Gasteiger partial charge in [-0.05, 0) is 13.3 Å². The lowest BCUT2D eigenvalue weighted by Gasteiger charge is -2.05. The quantitative estimate of drug-likeness (QED) is 0.647. The Morgan fingerprint density at radius 3 is 2.50 bits per heavy atom. The second-order valence-electron chi connectivity index (χ2n) is 3.99. The lowest BCUT2D eigenvalue weighted by Crippen LogP contribution is -2.05. The minimum atomic E-state index is 0.497. The van der Waals surface area contributed by atoms with Gasteiger partial charge < -0.3 is 14.2 Å². The van der Waals surface area contributed by atoms with E-state index in [1.807, 2.05) is 14.0 Å². The van der Waals surface area contributed by atoms with Gasteiger partial charge in [-0.3, -0.25) is 4.68 Å². The molecule has 0 radical (unpaired) electrons. The zero-order valence-corrected chi connectivity index (χ0v) is 12.0. The highest BCUT2D eigenvalue weighted by Gasteiger charge is 2.10. The predicted octanol–water partition coefficient (Wildman–Crippen LogP) is 1.95. The fraction of sp³-hybridized carbons (Fsp3) is 0.750. The van der Waals surface area contributed by atoms with Crippen LogP contribution in [0.5, 0.6) is 0 Å². The first-order valence-corrected chi connectivity index (χ1v) is 6.37. The maximum Gasteiger partial charge on any atom is 0.132 e. The predicted molar refractivity (Wildman–Crippen MR) is 69.9 cm³/mol. The first-order valence-electron chi connectivity index (χ1n) is 5.99. The molecule has 5 nitrogen and oxygen atoms in total. The summed E-state index contributed by atoms with van der Waals surface area (Å²) in [6.45, 7) is 5.02. The Balaban J connectivity index is 2.11. The Bertz CT molecular complexity index is 355. The van der Waals surface area contributed by atoms with Crippen LogP contribution in [0.2, 0.25) is 5.15 Å². The van der Waals surface area contributed by atoms with Crippen LogP contribution in [0.15, 0.2) is 0 Å². The third-order valence-electron chi connectivity index (χ3n) is 2.53. The summed E-state index contributed by atoms with van der Waals surface area (Å²) in [6.07, 6.45) is 0.862. The van der Waals surface area contributed by atoms with Gasteiger partial charge in [0.2, 0.25) is 0 Å². The van der Waals surface area contributed by atoms with E-state index < -0.39 is 0 Å². The van der Waals surface area contributed by atoms with Gasteiger partial charge >= 0.3 is 0 Å². The van der Waals surface area contributed by atoms with Crippen molar-refractivity contribution in [3.05, 3.63) is 16.4 Å². The number of nitrogens with zero attached hydrogens (tertiary/aromatic N) is 2. The Morgan fingerprint density at radius 2 is 1.89 bits per heavy atom. The van der Waals surface area contributed by atoms with Gasteiger partial charge in [0.15, 0.2) is 0 Å². The Labute approximate surface area is 113 Å². The van der Waals surface area contributed by atoms with E-state index in [1.54, 1.807) is 11.8 Å². The molecule has 6 heteroatoms. The van der Waals surface area contributed by atoms with Gasteiger partial charge in [0.05, 0.1) is 25.5 Å². The molecule has 0 aliphatic rings. The van der Waals surface area contributed by atoms with Crippen molar-refractivity contribution in [1.29, 1.82) is 0 Å². The van der Waals surface area contributed by atoms with Crippen LogP contribution < -0.4 is 0 Å². The molecule has 1 aromatic heterocycles. The van der Waals surface area contributed by atoms with Crippen LogP contribution in [0.1, 0.15) is 17.7 Å². The van der Waals surface area contributed by atoms with Crippen LogP contribution in [0.25, 0.3) is 0 Å². The number of hydrogen-bond acceptors (Lipinski definition) is 4. The summed E-state index contributed by atoms with van der Waals surface area (Å²) in [4.78, 5) is 0. The lowest BCUT2D eigenvalue weighted by atomic mass is 10.3. The molecule has 0 aliphatic carbocycles. The molecule has 0 aromatic carbocycles. The number of aromatic nitrogens is 2. The second-order valence-corrected chi connectivity index (χ2v) is 4.35. The largest absolute Gasteiger partial charge is 0.382 e. The van der Waals surface area contributed by atoms with Gasteiger partial charge in [0, 0.05) is 32.9 Å². The van der Waals surface area contributed by atoms with Crippen molar-refractivity contribution in [2.24, 2.45) is 7.05 Å². The van der Waals surface area contributed by atoms with Gasteiger partial charge in [0.1, 0.15) is 5.15 Å². The van der Waals surface area contributed by atoms with Gasteiger partial charge in [-0.1, -0.05) is 11.6 Å². The van der Waals surface area contributed by atoms with Crippen LogP contribution in [-0.2, 0) is 27.9 Å². The molecule has 0 saturated carbocycles. The molecule has 1 rings (SSSR count). The fourth-order valence-corrected chi connectivity index (χ4v) is 1.75. The van der Waals surface area contributed by atoms with Crippen molar-refractivity contribution in [3.63, 3.8) is 0 Å². The van der Waals surface area contributed by atoms with Crippen LogP contribution in [0.4, 0.5) is 0 Å². The second kappa shape index (κ2) is 8.48. The molecular weight excluding hydrogens is 256 g/mol. The van der Waals surface area contributed by atoms with E-state index >= 15 is 0 Å². The normalized spacial score (nSPS) is 11.1. The van der Waals surface area contributed by atoms with Gasteiger partial charge in [-0.15, -0.1) is 0 Å². The highest BCUT2D eigenvalue weighted by atomic mass is 35.5. The van der Waals surface area contributed by atoms with E-state index in [9.17, 15) is 0 Å². The molecule has 0 unspecified atom stereocenters. The van der Waals surface area contributed by atoms with Crippen molar-refractivity contribution >= 4 is 11.6 Å². The molecule has 0 amide bonds. The SMILES string of the molecule is COCCOCCCOCc1c(C)nn(C)c1Cl. The third kappa shape index (κ3) is 4.94. The fourth-order valence-electron chi connectivity index (χ4n) is 1.52. The Morgan fingerprint density at radius 1 is 1.17 bits per heavy atom. The maximum atomic E-state index is 6.09. The first kappa shape index (κ1) is 15.4. The summed E-state index contributed by atoms with van der Waals surface area (Å²) < 4.78 is 17.4. The topological polar surface area (TPSA) is 45.5 Å². The molecule has 18 heavy (non-hydrogen) atoms. The molecule has 0 aliphatic heterocycles. The average molecular weight is 277 g/mol. The van der Waals surface area contributed by atoms with Gasteiger partial charge in [0.25, 0.3) is 0 Å². The molecule has 0 atom stereocenters. The Hall–Kier alpha value is -0.620. The number of aryl methyl sites for hydroxylation is 2. The molecule has 1 heterocycles. The molecule has 104 valence electrons. The number of rotatable bonds is 9. The number of methoxy groups -OCH3 is 1. The van der Waals surface area contributed by atoms with Crippen molar-refractivity contribution < 1.29 is 14.2 Å². The molecular formula is C12H21ClN2O3. The van der Waals surface area contributed by atoms with E-state index in [1.165, 1.54) is 0 Å². The van der Waals surface area contributed by atoms with E-state index in [-0.39, 0.29) is 0 Å². The third-order valence-corrected chi connectivity index (χ3v) is 3.00. The van der Waals surface area contributed by atoms with Crippen molar-refractivity contribution in [2.75, 3.05) is 33.5 Å². The van der Waals surface area contributed by atoms with Gasteiger partial charge in [-0.25, -0.2) is 0 Å². The first-order chi connectivity index (χ1) is 8.66. The van der Waals surface area contributed by atoms with E-state index in [0.717, 1.165) is 17.7 Å². The highest BCUT2D eigenvalue weighted by molar-refractivity contribution is 6.30. The molecule has 0 bridgehead atoms. The minimum absolute atomic E-state index is 0.497. The molecule has 0 fully saturated rings. The number of halogens is 1. The summed E-state index contributed by atoms with van der Waals surface area (Å²) in [5.41, 5.74) is 1.87. The zero-order chi connectivity index (χ0) is 13.4. The van der Waals surface area contributed by atoms with Gasteiger partial charge in [-0.2, -0.15) is 5.10 Å². The van der Waals surface area contributed by atoms with Crippen LogP contribution in [-0.4, -0.2) is 43.3 Å². The summed E-state index contributed by atoms with van der Waals surface area (Å²) in [6, 6.07) is 0. The molecule has 0 saturated heterocycles.